The number of carbonyl (C=O) groups excluding carboxylic acids is 1. The van der Waals surface area contributed by atoms with E-state index in [1.807, 2.05) is 6.92 Å². The van der Waals surface area contributed by atoms with Crippen LogP contribution in [0, 0.1) is 11.8 Å². The monoisotopic (exact) mass is 346 g/mol. The third kappa shape index (κ3) is 3.35. The number of phenols is 1. The SMILES string of the molecule is C[C@@H]1OC=C(O)C2[C@H](O)C[C@](C)(OC(=O)/C=C/c3ccc(O)cc3)[C@H]21. The van der Waals surface area contributed by atoms with Gasteiger partial charge in [-0.3, -0.25) is 0 Å². The Hall–Kier alpha value is -2.47. The highest BCUT2D eigenvalue weighted by Gasteiger charge is 2.58. The summed E-state index contributed by atoms with van der Waals surface area (Å²) in [4.78, 5) is 12.3. The fourth-order valence-corrected chi connectivity index (χ4v) is 3.93. The number of ether oxygens (including phenoxy) is 2. The molecule has 0 bridgehead atoms. The first-order valence-corrected chi connectivity index (χ1v) is 8.23. The molecule has 134 valence electrons. The van der Waals surface area contributed by atoms with Crippen molar-refractivity contribution < 1.29 is 29.6 Å². The first kappa shape index (κ1) is 17.4. The smallest absolute Gasteiger partial charge is 0.331 e. The van der Waals surface area contributed by atoms with Crippen molar-refractivity contribution in [1.29, 1.82) is 0 Å². The number of aromatic hydroxyl groups is 1. The van der Waals surface area contributed by atoms with Crippen molar-refractivity contribution in [3.63, 3.8) is 0 Å². The summed E-state index contributed by atoms with van der Waals surface area (Å²) in [7, 11) is 0. The highest BCUT2D eigenvalue weighted by molar-refractivity contribution is 5.87. The van der Waals surface area contributed by atoms with Gasteiger partial charge in [0.05, 0.1) is 12.0 Å². The molecule has 0 saturated heterocycles. The summed E-state index contributed by atoms with van der Waals surface area (Å²) in [5.41, 5.74) is -0.193. The topological polar surface area (TPSA) is 96.2 Å². The molecular weight excluding hydrogens is 324 g/mol. The molecule has 1 heterocycles. The van der Waals surface area contributed by atoms with Gasteiger partial charge in [-0.1, -0.05) is 12.1 Å². The Bertz CT molecular complexity index is 707. The molecule has 1 aliphatic heterocycles. The van der Waals surface area contributed by atoms with Gasteiger partial charge in [0.25, 0.3) is 0 Å². The molecule has 25 heavy (non-hydrogen) atoms. The minimum atomic E-state index is -0.942. The van der Waals surface area contributed by atoms with Crippen LogP contribution in [-0.4, -0.2) is 39.1 Å². The minimum Gasteiger partial charge on any atom is -0.509 e. The summed E-state index contributed by atoms with van der Waals surface area (Å²) in [5, 5.41) is 29.6. The van der Waals surface area contributed by atoms with Crippen molar-refractivity contribution in [2.24, 2.45) is 11.8 Å². The molecule has 6 nitrogen and oxygen atoms in total. The zero-order chi connectivity index (χ0) is 18.2. The van der Waals surface area contributed by atoms with E-state index in [1.54, 1.807) is 25.1 Å². The molecule has 1 aliphatic carbocycles. The maximum atomic E-state index is 12.3. The zero-order valence-electron chi connectivity index (χ0n) is 14.1. The number of phenolic OH excluding ortho intramolecular Hbond substituents is 1. The fourth-order valence-electron chi connectivity index (χ4n) is 3.93. The van der Waals surface area contributed by atoms with E-state index in [4.69, 9.17) is 9.47 Å². The molecule has 1 aromatic carbocycles. The summed E-state index contributed by atoms with van der Waals surface area (Å²) >= 11 is 0. The molecule has 1 fully saturated rings. The van der Waals surface area contributed by atoms with Gasteiger partial charge < -0.3 is 24.8 Å². The van der Waals surface area contributed by atoms with Gasteiger partial charge in [-0.2, -0.15) is 0 Å². The molecule has 6 heteroatoms. The summed E-state index contributed by atoms with van der Waals surface area (Å²) < 4.78 is 11.1. The molecule has 3 N–H and O–H groups in total. The van der Waals surface area contributed by atoms with Crippen molar-refractivity contribution in [2.75, 3.05) is 0 Å². The zero-order valence-corrected chi connectivity index (χ0v) is 14.1. The molecule has 0 radical (unpaired) electrons. The molecule has 2 aliphatic rings. The number of hydrogen-bond donors (Lipinski definition) is 3. The van der Waals surface area contributed by atoms with Gasteiger partial charge in [0, 0.05) is 18.4 Å². The van der Waals surface area contributed by atoms with E-state index in [2.05, 4.69) is 0 Å². The van der Waals surface area contributed by atoms with Crippen molar-refractivity contribution in [1.82, 2.24) is 0 Å². The van der Waals surface area contributed by atoms with Crippen molar-refractivity contribution in [3.05, 3.63) is 47.9 Å². The van der Waals surface area contributed by atoms with E-state index in [1.165, 1.54) is 24.5 Å². The number of benzene rings is 1. The lowest BCUT2D eigenvalue weighted by molar-refractivity contribution is -0.162. The van der Waals surface area contributed by atoms with Gasteiger partial charge in [0.15, 0.2) is 0 Å². The molecule has 0 aromatic heterocycles. The Kier molecular flexibility index (Phi) is 4.47. The van der Waals surface area contributed by atoms with Crippen LogP contribution in [0.5, 0.6) is 5.75 Å². The summed E-state index contributed by atoms with van der Waals surface area (Å²) in [5.74, 6) is -1.24. The number of fused-ring (bicyclic) bond motifs is 1. The van der Waals surface area contributed by atoms with Gasteiger partial charge in [-0.15, -0.1) is 0 Å². The predicted octanol–water partition coefficient (Wildman–Crippen LogP) is 2.52. The first-order valence-electron chi connectivity index (χ1n) is 8.23. The number of aliphatic hydroxyl groups is 2. The van der Waals surface area contributed by atoms with E-state index >= 15 is 0 Å². The third-order valence-electron chi connectivity index (χ3n) is 5.01. The summed E-state index contributed by atoms with van der Waals surface area (Å²) in [6, 6.07) is 6.41. The number of hydrogen-bond acceptors (Lipinski definition) is 6. The van der Waals surface area contributed by atoms with Crippen molar-refractivity contribution in [2.45, 2.75) is 38.1 Å². The maximum absolute atomic E-state index is 12.3. The van der Waals surface area contributed by atoms with Gasteiger partial charge in [0.2, 0.25) is 0 Å². The molecule has 3 rings (SSSR count). The van der Waals surface area contributed by atoms with Crippen LogP contribution in [0.3, 0.4) is 0 Å². The predicted molar refractivity (Wildman–Crippen MR) is 90.5 cm³/mol. The number of carbonyl (C=O) groups is 1. The van der Waals surface area contributed by atoms with E-state index in [-0.39, 0.29) is 30.0 Å². The van der Waals surface area contributed by atoms with Crippen LogP contribution in [0.4, 0.5) is 0 Å². The van der Waals surface area contributed by atoms with Gasteiger partial charge in [-0.25, -0.2) is 4.79 Å². The molecule has 0 amide bonds. The highest BCUT2D eigenvalue weighted by atomic mass is 16.6. The van der Waals surface area contributed by atoms with Crippen molar-refractivity contribution >= 4 is 12.0 Å². The summed E-state index contributed by atoms with van der Waals surface area (Å²) in [6.45, 7) is 3.59. The Morgan fingerprint density at radius 1 is 1.32 bits per heavy atom. The second-order valence-electron chi connectivity index (χ2n) is 6.87. The Labute approximate surface area is 146 Å². The van der Waals surface area contributed by atoms with Crippen LogP contribution in [0.1, 0.15) is 25.8 Å². The number of esters is 1. The standard InChI is InChI=1S/C19H22O6/c1-11-18-17(15(22)10-24-11)14(21)9-19(18,2)25-16(23)8-5-12-3-6-13(20)7-4-12/h3-8,10-11,14,17-18,20-22H,9H2,1-2H3/b8-5+/t11-,14+,17?,18-,19-/m0/s1. The molecule has 1 aromatic rings. The third-order valence-corrected chi connectivity index (χ3v) is 5.01. The average Bonchev–Trinajstić information content (AvgIpc) is 2.82. The van der Waals surface area contributed by atoms with Crippen molar-refractivity contribution in [3.8, 4) is 5.75 Å². The van der Waals surface area contributed by atoms with Gasteiger partial charge in [-0.05, 0) is 37.6 Å². The Morgan fingerprint density at radius 2 is 2.00 bits per heavy atom. The largest absolute Gasteiger partial charge is 0.509 e. The fraction of sp³-hybridized carbons (Fsp3) is 0.421. The van der Waals surface area contributed by atoms with Crippen LogP contribution >= 0.6 is 0 Å². The Morgan fingerprint density at radius 3 is 2.68 bits per heavy atom. The number of rotatable bonds is 3. The second-order valence-corrected chi connectivity index (χ2v) is 6.87. The van der Waals surface area contributed by atoms with Gasteiger partial charge in [0.1, 0.15) is 29.5 Å². The molecule has 0 spiro atoms. The second kappa shape index (κ2) is 6.44. The number of aliphatic hydroxyl groups excluding tert-OH is 2. The van der Waals surface area contributed by atoms with Crippen LogP contribution in [0.25, 0.3) is 6.08 Å². The summed E-state index contributed by atoms with van der Waals surface area (Å²) in [6.07, 6.45) is 3.29. The van der Waals surface area contributed by atoms with E-state index in [9.17, 15) is 20.1 Å². The quantitative estimate of drug-likeness (QED) is 0.575. The lowest BCUT2D eigenvalue weighted by atomic mass is 9.80. The molecule has 1 saturated carbocycles. The minimum absolute atomic E-state index is 0.0185. The Balaban J connectivity index is 1.74. The first-order chi connectivity index (χ1) is 11.8. The van der Waals surface area contributed by atoms with Crippen LogP contribution in [0.2, 0.25) is 0 Å². The molecular formula is C19H22O6. The normalized spacial score (nSPS) is 34.3. The van der Waals surface area contributed by atoms with E-state index < -0.39 is 23.6 Å². The highest BCUT2D eigenvalue weighted by Crippen LogP contribution is 2.49. The van der Waals surface area contributed by atoms with E-state index in [0.717, 1.165) is 5.56 Å². The van der Waals surface area contributed by atoms with Gasteiger partial charge >= 0.3 is 5.97 Å². The lowest BCUT2D eigenvalue weighted by Crippen LogP contribution is -2.45. The van der Waals surface area contributed by atoms with Crippen LogP contribution in [-0.2, 0) is 14.3 Å². The van der Waals surface area contributed by atoms with Crippen LogP contribution < -0.4 is 0 Å². The average molecular weight is 346 g/mol. The van der Waals surface area contributed by atoms with Crippen LogP contribution in [0.15, 0.2) is 42.4 Å². The van der Waals surface area contributed by atoms with E-state index in [0.29, 0.717) is 0 Å². The lowest BCUT2D eigenvalue weighted by Gasteiger charge is -2.38. The molecule has 1 unspecified atom stereocenters. The molecule has 5 atom stereocenters. The maximum Gasteiger partial charge on any atom is 0.331 e.